The molecule has 1 aliphatic heterocycles. The summed E-state index contributed by atoms with van der Waals surface area (Å²) in [6, 6.07) is 3.18. The molecule has 3 heterocycles. The van der Waals surface area contributed by atoms with Crippen LogP contribution in [0.15, 0.2) is 23.1 Å². The van der Waals surface area contributed by atoms with Crippen molar-refractivity contribution in [1.29, 1.82) is 0 Å². The van der Waals surface area contributed by atoms with Gasteiger partial charge in [0.1, 0.15) is 5.65 Å². The van der Waals surface area contributed by atoms with Crippen LogP contribution in [0, 0.1) is 0 Å². The van der Waals surface area contributed by atoms with Crippen LogP contribution in [0.25, 0.3) is 11.0 Å². The Balaban J connectivity index is 1.68. The van der Waals surface area contributed by atoms with E-state index in [0.717, 1.165) is 5.39 Å². The molecule has 10 heteroatoms. The molecule has 3 N–H and O–H groups in total. The number of nitrogens with one attached hydrogen (secondary N) is 3. The van der Waals surface area contributed by atoms with Crippen molar-refractivity contribution in [2.75, 3.05) is 25.5 Å². The molecule has 0 atom stereocenters. The molecular formula is C13H18N6O3S. The maximum absolute atomic E-state index is 11.7. The molecule has 0 aromatic carbocycles. The van der Waals surface area contributed by atoms with Crippen LogP contribution in [0.5, 0.6) is 0 Å². The van der Waals surface area contributed by atoms with Gasteiger partial charge in [-0.15, -0.1) is 0 Å². The van der Waals surface area contributed by atoms with Gasteiger partial charge in [-0.1, -0.05) is 0 Å². The van der Waals surface area contributed by atoms with Crippen LogP contribution < -0.4 is 15.6 Å². The summed E-state index contributed by atoms with van der Waals surface area (Å²) < 4.78 is 27.2. The van der Waals surface area contributed by atoms with E-state index in [9.17, 15) is 13.2 Å². The van der Waals surface area contributed by atoms with Gasteiger partial charge in [0, 0.05) is 43.8 Å². The predicted octanol–water partition coefficient (Wildman–Crippen LogP) is -0.341. The van der Waals surface area contributed by atoms with Crippen molar-refractivity contribution in [1.82, 2.24) is 24.0 Å². The monoisotopic (exact) mass is 338 g/mol. The standard InChI is InChI=1S/C13H18N6O3S/c1-14-23(21,22)19-6-4-10(5-7-19)16-13-15-8-9-2-3-11(20)17-12(9)18-13/h2-3,8,10,14H,4-7H2,1H3,(H2,15,16,17,18,20). The number of fused-ring (bicyclic) bond motifs is 1. The van der Waals surface area contributed by atoms with Crippen LogP contribution >= 0.6 is 0 Å². The van der Waals surface area contributed by atoms with Gasteiger partial charge in [-0.05, 0) is 18.9 Å². The molecule has 124 valence electrons. The van der Waals surface area contributed by atoms with Crippen LogP contribution in [-0.4, -0.2) is 53.9 Å². The highest BCUT2D eigenvalue weighted by Gasteiger charge is 2.27. The van der Waals surface area contributed by atoms with E-state index < -0.39 is 10.2 Å². The summed E-state index contributed by atoms with van der Waals surface area (Å²) in [6.45, 7) is 0.872. The molecule has 0 unspecified atom stereocenters. The lowest BCUT2D eigenvalue weighted by molar-refractivity contribution is 0.326. The third-order valence-corrected chi connectivity index (χ3v) is 5.42. The minimum Gasteiger partial charge on any atom is -0.351 e. The molecule has 1 aliphatic rings. The fraction of sp³-hybridized carbons (Fsp3) is 0.462. The van der Waals surface area contributed by atoms with Crippen molar-refractivity contribution < 1.29 is 8.42 Å². The number of anilines is 1. The summed E-state index contributed by atoms with van der Waals surface area (Å²) >= 11 is 0. The van der Waals surface area contributed by atoms with Crippen molar-refractivity contribution in [2.45, 2.75) is 18.9 Å². The van der Waals surface area contributed by atoms with Crippen LogP contribution in [0.2, 0.25) is 0 Å². The van der Waals surface area contributed by atoms with E-state index in [1.807, 2.05) is 0 Å². The van der Waals surface area contributed by atoms with Gasteiger partial charge in [0.05, 0.1) is 0 Å². The molecule has 0 radical (unpaired) electrons. The van der Waals surface area contributed by atoms with Crippen molar-refractivity contribution in [2.24, 2.45) is 0 Å². The smallest absolute Gasteiger partial charge is 0.279 e. The zero-order chi connectivity index (χ0) is 16.4. The molecule has 1 saturated heterocycles. The number of hydrogen-bond acceptors (Lipinski definition) is 6. The Morgan fingerprint density at radius 3 is 2.74 bits per heavy atom. The molecule has 0 aliphatic carbocycles. The number of rotatable bonds is 4. The van der Waals surface area contributed by atoms with E-state index in [-0.39, 0.29) is 11.6 Å². The lowest BCUT2D eigenvalue weighted by Crippen LogP contribution is -2.46. The maximum atomic E-state index is 11.7. The Bertz CT molecular complexity index is 857. The first-order valence-corrected chi connectivity index (χ1v) is 8.73. The number of hydrogen-bond donors (Lipinski definition) is 3. The third-order valence-electron chi connectivity index (χ3n) is 3.86. The second-order valence-corrected chi connectivity index (χ2v) is 7.22. The van der Waals surface area contributed by atoms with Gasteiger partial charge in [-0.2, -0.15) is 17.7 Å². The Morgan fingerprint density at radius 1 is 1.30 bits per heavy atom. The largest absolute Gasteiger partial charge is 0.351 e. The molecule has 0 amide bonds. The SMILES string of the molecule is CNS(=O)(=O)N1CCC(Nc2ncc3ccc(=O)[nH]c3n2)CC1. The highest BCUT2D eigenvalue weighted by Crippen LogP contribution is 2.17. The van der Waals surface area contributed by atoms with Gasteiger partial charge < -0.3 is 10.3 Å². The number of pyridine rings is 1. The van der Waals surface area contributed by atoms with Crippen molar-refractivity contribution >= 4 is 27.2 Å². The number of aromatic amines is 1. The van der Waals surface area contributed by atoms with Crippen LogP contribution in [0.1, 0.15) is 12.8 Å². The van der Waals surface area contributed by atoms with E-state index >= 15 is 0 Å². The van der Waals surface area contributed by atoms with Gasteiger partial charge in [0.2, 0.25) is 11.5 Å². The highest BCUT2D eigenvalue weighted by atomic mass is 32.2. The van der Waals surface area contributed by atoms with E-state index in [2.05, 4.69) is 25.0 Å². The minimum atomic E-state index is -3.37. The van der Waals surface area contributed by atoms with Crippen molar-refractivity contribution in [3.8, 4) is 0 Å². The fourth-order valence-electron chi connectivity index (χ4n) is 2.56. The van der Waals surface area contributed by atoms with Gasteiger partial charge in [-0.3, -0.25) is 4.79 Å². The summed E-state index contributed by atoms with van der Waals surface area (Å²) in [5, 5.41) is 3.95. The van der Waals surface area contributed by atoms with Crippen LogP contribution in [0.3, 0.4) is 0 Å². The molecule has 3 rings (SSSR count). The first kappa shape index (κ1) is 15.8. The Kier molecular flexibility index (Phi) is 4.28. The van der Waals surface area contributed by atoms with Crippen LogP contribution in [0.4, 0.5) is 5.95 Å². The first-order chi connectivity index (χ1) is 11.0. The lowest BCUT2D eigenvalue weighted by Gasteiger charge is -2.31. The van der Waals surface area contributed by atoms with Gasteiger partial charge in [0.15, 0.2) is 0 Å². The minimum absolute atomic E-state index is 0.0891. The second kappa shape index (κ2) is 6.22. The third kappa shape index (κ3) is 3.49. The van der Waals surface area contributed by atoms with E-state index in [4.69, 9.17) is 0 Å². The molecule has 23 heavy (non-hydrogen) atoms. The number of piperidine rings is 1. The van der Waals surface area contributed by atoms with Gasteiger partial charge in [-0.25, -0.2) is 9.71 Å². The van der Waals surface area contributed by atoms with Crippen molar-refractivity contribution in [3.63, 3.8) is 0 Å². The fourth-order valence-corrected chi connectivity index (χ4v) is 3.51. The molecular weight excluding hydrogens is 320 g/mol. The molecule has 2 aromatic heterocycles. The molecule has 2 aromatic rings. The Hall–Kier alpha value is -2.04. The van der Waals surface area contributed by atoms with Crippen molar-refractivity contribution in [3.05, 3.63) is 28.7 Å². The molecule has 0 saturated carbocycles. The second-order valence-electron chi connectivity index (χ2n) is 5.35. The number of H-pyrrole nitrogens is 1. The predicted molar refractivity (Wildman–Crippen MR) is 86.4 cm³/mol. The average molecular weight is 338 g/mol. The zero-order valence-corrected chi connectivity index (χ0v) is 13.4. The van der Waals surface area contributed by atoms with Gasteiger partial charge >= 0.3 is 0 Å². The summed E-state index contributed by atoms with van der Waals surface area (Å²) in [4.78, 5) is 22.5. The van der Waals surface area contributed by atoms with Crippen LogP contribution in [-0.2, 0) is 10.2 Å². The zero-order valence-electron chi connectivity index (χ0n) is 12.6. The summed E-state index contributed by atoms with van der Waals surface area (Å²) in [6.07, 6.45) is 2.96. The normalized spacial score (nSPS) is 17.4. The average Bonchev–Trinajstić information content (AvgIpc) is 2.55. The molecule has 0 spiro atoms. The quantitative estimate of drug-likeness (QED) is 0.701. The van der Waals surface area contributed by atoms with E-state index in [0.29, 0.717) is 37.5 Å². The summed E-state index contributed by atoms with van der Waals surface area (Å²) in [7, 11) is -1.96. The maximum Gasteiger partial charge on any atom is 0.279 e. The van der Waals surface area contributed by atoms with Gasteiger partial charge in [0.25, 0.3) is 10.2 Å². The summed E-state index contributed by atoms with van der Waals surface area (Å²) in [5.41, 5.74) is 0.262. The lowest BCUT2D eigenvalue weighted by atomic mass is 10.1. The Morgan fingerprint density at radius 2 is 2.04 bits per heavy atom. The molecule has 9 nitrogen and oxygen atoms in total. The highest BCUT2D eigenvalue weighted by molar-refractivity contribution is 7.87. The van der Waals surface area contributed by atoms with E-state index in [1.165, 1.54) is 17.4 Å². The first-order valence-electron chi connectivity index (χ1n) is 7.29. The number of nitrogens with zero attached hydrogens (tertiary/aromatic N) is 3. The van der Waals surface area contributed by atoms with E-state index in [1.54, 1.807) is 12.3 Å². The topological polar surface area (TPSA) is 120 Å². The summed E-state index contributed by atoms with van der Waals surface area (Å²) in [5.74, 6) is 0.425. The Labute approximate surface area is 133 Å². The molecule has 1 fully saturated rings. The molecule has 0 bridgehead atoms. The number of aromatic nitrogens is 3.